The minimum atomic E-state index is -0.678. The minimum absolute atomic E-state index is 0.156. The van der Waals surface area contributed by atoms with Crippen molar-refractivity contribution in [3.63, 3.8) is 0 Å². The lowest BCUT2D eigenvalue weighted by atomic mass is 9.89. The van der Waals surface area contributed by atoms with Crippen molar-refractivity contribution in [2.45, 2.75) is 63.8 Å². The Hall–Kier alpha value is -2.68. The molecule has 2 aromatic rings. The van der Waals surface area contributed by atoms with Gasteiger partial charge in [-0.2, -0.15) is 5.10 Å². The number of hydrogen-bond donors (Lipinski definition) is 0. The molecule has 0 unspecified atom stereocenters. The molecule has 1 saturated carbocycles. The van der Waals surface area contributed by atoms with Gasteiger partial charge in [-0.1, -0.05) is 19.3 Å². The van der Waals surface area contributed by atoms with Gasteiger partial charge in [0.1, 0.15) is 12.2 Å². The van der Waals surface area contributed by atoms with E-state index >= 15 is 0 Å². The molecule has 4 heterocycles. The van der Waals surface area contributed by atoms with Crippen molar-refractivity contribution in [2.24, 2.45) is 5.92 Å². The molecule has 1 amide bonds. The summed E-state index contributed by atoms with van der Waals surface area (Å²) in [6, 6.07) is 3.31. The Kier molecular flexibility index (Phi) is 4.85. The Balaban J connectivity index is 1.35. The molecule has 2 aromatic heterocycles. The highest BCUT2D eigenvalue weighted by atomic mass is 16.5. The van der Waals surface area contributed by atoms with E-state index in [-0.39, 0.29) is 24.8 Å². The third kappa shape index (κ3) is 3.40. The van der Waals surface area contributed by atoms with Gasteiger partial charge in [-0.3, -0.25) is 19.0 Å². The maximum Gasteiger partial charge on any atom is 0.332 e. The van der Waals surface area contributed by atoms with Crippen molar-refractivity contribution in [3.05, 3.63) is 50.7 Å². The zero-order valence-electron chi connectivity index (χ0n) is 16.9. The molecule has 0 N–H and O–H groups in total. The van der Waals surface area contributed by atoms with Crippen LogP contribution in [0.3, 0.4) is 0 Å². The summed E-state index contributed by atoms with van der Waals surface area (Å²) in [5.41, 5.74) is -1.79. The van der Waals surface area contributed by atoms with E-state index in [4.69, 9.17) is 9.15 Å². The average Bonchev–Trinajstić information content (AvgIpc) is 3.44. The maximum absolute atomic E-state index is 12.9. The Bertz CT molecular complexity index is 1050. The first-order valence-electron chi connectivity index (χ1n) is 10.7. The second kappa shape index (κ2) is 7.54. The van der Waals surface area contributed by atoms with Gasteiger partial charge in [0, 0.05) is 13.1 Å². The predicted octanol–water partition coefficient (Wildman–Crippen LogP) is 1.39. The fourth-order valence-corrected chi connectivity index (χ4v) is 4.96. The second-order valence-electron chi connectivity index (χ2n) is 8.72. The SMILES string of the molecule is O=C(c1ccco1)N1CC[C@@]2(C1)Cn1c(nn(CC3CCCCC3)c(=O)c1=O)CO2. The lowest BCUT2D eigenvalue weighted by molar-refractivity contribution is -0.0844. The predicted molar refractivity (Wildman–Crippen MR) is 106 cm³/mol. The number of rotatable bonds is 3. The number of fused-ring (bicyclic) bond motifs is 1. The van der Waals surface area contributed by atoms with E-state index in [0.717, 1.165) is 12.8 Å². The molecule has 0 bridgehead atoms. The molecule has 0 aromatic carbocycles. The second-order valence-corrected chi connectivity index (χ2v) is 8.72. The van der Waals surface area contributed by atoms with E-state index in [9.17, 15) is 14.4 Å². The number of ether oxygens (including phenoxy) is 1. The molecular weight excluding hydrogens is 388 g/mol. The van der Waals surface area contributed by atoms with Gasteiger partial charge in [0.15, 0.2) is 11.6 Å². The summed E-state index contributed by atoms with van der Waals surface area (Å²) in [5.74, 6) is 0.974. The first-order chi connectivity index (χ1) is 14.5. The number of carbonyl (C=O) groups is 1. The average molecular weight is 414 g/mol. The van der Waals surface area contributed by atoms with Gasteiger partial charge in [-0.15, -0.1) is 0 Å². The fraction of sp³-hybridized carbons (Fsp3) is 0.619. The number of amides is 1. The van der Waals surface area contributed by atoms with Gasteiger partial charge in [-0.25, -0.2) is 4.68 Å². The molecule has 0 radical (unpaired) electrons. The molecule has 1 aliphatic carbocycles. The molecule has 2 fully saturated rings. The number of carbonyl (C=O) groups excluding carboxylic acids is 1. The van der Waals surface area contributed by atoms with E-state index in [1.165, 1.54) is 34.8 Å². The van der Waals surface area contributed by atoms with Crippen molar-refractivity contribution >= 4 is 5.91 Å². The maximum atomic E-state index is 12.9. The molecule has 3 aliphatic rings. The zero-order chi connectivity index (χ0) is 20.7. The standard InChI is InChI=1S/C21H26N4O5/c26-18(16-7-4-10-29-16)23-9-8-21(13-23)14-24-17(12-30-21)22-25(20(28)19(24)27)11-15-5-2-1-3-6-15/h4,7,10,15H,1-3,5-6,8-9,11-14H2/t21-/m1/s1. The number of likely N-dealkylation sites (tertiary alicyclic amines) is 1. The topological polar surface area (TPSA) is 99.6 Å². The molecule has 1 atom stereocenters. The summed E-state index contributed by atoms with van der Waals surface area (Å²) in [5, 5.41) is 4.46. The molecule has 30 heavy (non-hydrogen) atoms. The van der Waals surface area contributed by atoms with Crippen LogP contribution in [0.15, 0.2) is 32.4 Å². The molecule has 160 valence electrons. The number of hydrogen-bond acceptors (Lipinski definition) is 6. The van der Waals surface area contributed by atoms with Crippen LogP contribution < -0.4 is 11.1 Å². The van der Waals surface area contributed by atoms with E-state index in [1.54, 1.807) is 17.0 Å². The third-order valence-corrected chi connectivity index (χ3v) is 6.66. The van der Waals surface area contributed by atoms with Crippen LogP contribution in [0.4, 0.5) is 0 Å². The summed E-state index contributed by atoms with van der Waals surface area (Å²) in [6.07, 6.45) is 7.79. The third-order valence-electron chi connectivity index (χ3n) is 6.66. The van der Waals surface area contributed by atoms with Gasteiger partial charge >= 0.3 is 11.1 Å². The van der Waals surface area contributed by atoms with E-state index < -0.39 is 16.7 Å². The van der Waals surface area contributed by atoms with E-state index in [2.05, 4.69) is 5.10 Å². The van der Waals surface area contributed by atoms with E-state index in [1.807, 2.05) is 0 Å². The lowest BCUT2D eigenvalue weighted by Crippen LogP contribution is -2.53. The van der Waals surface area contributed by atoms with Crippen LogP contribution in [0.1, 0.15) is 54.9 Å². The van der Waals surface area contributed by atoms with Gasteiger partial charge in [0.05, 0.1) is 19.4 Å². The largest absolute Gasteiger partial charge is 0.459 e. The quantitative estimate of drug-likeness (QED) is 0.704. The first kappa shape index (κ1) is 19.3. The molecule has 5 rings (SSSR count). The Labute approximate surface area is 173 Å². The first-order valence-corrected chi connectivity index (χ1v) is 10.7. The molecule has 9 heteroatoms. The molecule has 1 saturated heterocycles. The van der Waals surface area contributed by atoms with Crippen LogP contribution in [0.5, 0.6) is 0 Å². The number of aromatic nitrogens is 3. The van der Waals surface area contributed by atoms with Crippen LogP contribution in [0.2, 0.25) is 0 Å². The van der Waals surface area contributed by atoms with Crippen molar-refractivity contribution in [3.8, 4) is 0 Å². The highest BCUT2D eigenvalue weighted by Gasteiger charge is 2.45. The van der Waals surface area contributed by atoms with Crippen molar-refractivity contribution in [2.75, 3.05) is 13.1 Å². The smallest absolute Gasteiger partial charge is 0.332 e. The Morgan fingerprint density at radius 1 is 1.17 bits per heavy atom. The summed E-state index contributed by atoms with van der Waals surface area (Å²) >= 11 is 0. The van der Waals surface area contributed by atoms with Crippen molar-refractivity contribution < 1.29 is 13.9 Å². The normalized spacial score (nSPS) is 24.3. The van der Waals surface area contributed by atoms with Crippen LogP contribution >= 0.6 is 0 Å². The zero-order valence-corrected chi connectivity index (χ0v) is 16.9. The van der Waals surface area contributed by atoms with Gasteiger partial charge < -0.3 is 14.1 Å². The highest BCUT2D eigenvalue weighted by Crippen LogP contribution is 2.32. The fourth-order valence-electron chi connectivity index (χ4n) is 4.96. The van der Waals surface area contributed by atoms with Crippen LogP contribution in [-0.2, 0) is 24.4 Å². The summed E-state index contributed by atoms with van der Waals surface area (Å²) in [7, 11) is 0. The van der Waals surface area contributed by atoms with Crippen LogP contribution in [0.25, 0.3) is 0 Å². The summed E-state index contributed by atoms with van der Waals surface area (Å²) in [4.78, 5) is 39.8. The lowest BCUT2D eigenvalue weighted by Gasteiger charge is -2.35. The monoisotopic (exact) mass is 414 g/mol. The van der Waals surface area contributed by atoms with Crippen molar-refractivity contribution in [1.82, 2.24) is 19.2 Å². The summed E-state index contributed by atoms with van der Waals surface area (Å²) < 4.78 is 14.1. The Morgan fingerprint density at radius 2 is 2.00 bits per heavy atom. The molecule has 2 aliphatic heterocycles. The van der Waals surface area contributed by atoms with Gasteiger partial charge in [-0.05, 0) is 37.3 Å². The number of nitrogens with zero attached hydrogens (tertiary/aromatic N) is 4. The van der Waals surface area contributed by atoms with Crippen molar-refractivity contribution in [1.29, 1.82) is 0 Å². The van der Waals surface area contributed by atoms with Crippen LogP contribution in [-0.4, -0.2) is 43.8 Å². The number of furan rings is 1. The van der Waals surface area contributed by atoms with Gasteiger partial charge in [0.25, 0.3) is 5.91 Å². The molecule has 9 nitrogen and oxygen atoms in total. The molecular formula is C21H26N4O5. The summed E-state index contributed by atoms with van der Waals surface area (Å²) in [6.45, 7) is 1.75. The van der Waals surface area contributed by atoms with Gasteiger partial charge in [0.2, 0.25) is 0 Å². The minimum Gasteiger partial charge on any atom is -0.459 e. The Morgan fingerprint density at radius 3 is 2.77 bits per heavy atom. The highest BCUT2D eigenvalue weighted by molar-refractivity contribution is 5.91. The molecule has 1 spiro atoms. The van der Waals surface area contributed by atoms with Crippen LogP contribution in [0, 0.1) is 5.92 Å². The van der Waals surface area contributed by atoms with E-state index in [0.29, 0.717) is 37.8 Å².